The van der Waals surface area contributed by atoms with Crippen molar-refractivity contribution < 1.29 is 0 Å². The molecular formula is C13H19BrN2S. The van der Waals surface area contributed by atoms with Crippen LogP contribution in [0.4, 0.5) is 0 Å². The molecule has 2 saturated heterocycles. The fourth-order valence-electron chi connectivity index (χ4n) is 3.40. The Labute approximate surface area is 116 Å². The quantitative estimate of drug-likeness (QED) is 0.903. The summed E-state index contributed by atoms with van der Waals surface area (Å²) in [4.78, 5) is 4.14. The summed E-state index contributed by atoms with van der Waals surface area (Å²) in [6.07, 6.45) is 0. The summed E-state index contributed by atoms with van der Waals surface area (Å²) >= 11 is 5.41. The second kappa shape index (κ2) is 4.34. The Balaban J connectivity index is 1.76. The summed E-state index contributed by atoms with van der Waals surface area (Å²) in [6, 6.07) is 4.41. The smallest absolute Gasteiger partial charge is 0.0701 e. The number of rotatable bonds is 2. The number of hydrogen-bond acceptors (Lipinski definition) is 3. The summed E-state index contributed by atoms with van der Waals surface area (Å²) in [6.45, 7) is 9.58. The van der Waals surface area contributed by atoms with Gasteiger partial charge in [0.05, 0.1) is 3.79 Å². The summed E-state index contributed by atoms with van der Waals surface area (Å²) in [5.74, 6) is 1.68. The molecule has 3 rings (SSSR count). The van der Waals surface area contributed by atoms with E-state index in [-0.39, 0.29) is 0 Å². The largest absolute Gasteiger partial charge is 0.316 e. The van der Waals surface area contributed by atoms with Crippen molar-refractivity contribution in [3.05, 3.63) is 20.8 Å². The minimum atomic E-state index is 0.338. The van der Waals surface area contributed by atoms with Crippen molar-refractivity contribution in [2.45, 2.75) is 25.9 Å². The first-order chi connectivity index (χ1) is 8.07. The SMILES string of the molecule is CC1(C)C2CNCC2CN1Cc1ccc(Br)s1. The number of halogens is 1. The third-order valence-electron chi connectivity index (χ3n) is 4.49. The molecule has 2 aliphatic heterocycles. The predicted octanol–water partition coefficient (Wildman–Crippen LogP) is 2.94. The molecule has 1 aromatic heterocycles. The molecule has 2 nitrogen and oxygen atoms in total. The standard InChI is InChI=1S/C13H19BrN2S/c1-13(2)11-6-15-5-9(11)7-16(13)8-10-3-4-12(14)17-10/h3-4,9,11,15H,5-8H2,1-2H3. The first kappa shape index (κ1) is 12.2. The van der Waals surface area contributed by atoms with Gasteiger partial charge in [0.1, 0.15) is 0 Å². The molecule has 0 aliphatic carbocycles. The second-order valence-electron chi connectivity index (χ2n) is 5.76. The van der Waals surface area contributed by atoms with E-state index in [0.717, 1.165) is 18.4 Å². The Morgan fingerprint density at radius 2 is 2.29 bits per heavy atom. The number of nitrogens with zero attached hydrogens (tertiary/aromatic N) is 1. The third kappa shape index (κ3) is 2.09. The van der Waals surface area contributed by atoms with Gasteiger partial charge in [0.25, 0.3) is 0 Å². The zero-order chi connectivity index (χ0) is 12.0. The van der Waals surface area contributed by atoms with Crippen LogP contribution in [0.3, 0.4) is 0 Å². The lowest BCUT2D eigenvalue weighted by Crippen LogP contribution is -2.43. The zero-order valence-corrected chi connectivity index (χ0v) is 12.8. The fraction of sp³-hybridized carbons (Fsp3) is 0.692. The molecule has 3 heterocycles. The van der Waals surface area contributed by atoms with Gasteiger partial charge in [0, 0.05) is 30.1 Å². The molecule has 0 radical (unpaired) electrons. The highest BCUT2D eigenvalue weighted by Gasteiger charge is 2.49. The van der Waals surface area contributed by atoms with Gasteiger partial charge >= 0.3 is 0 Å². The van der Waals surface area contributed by atoms with Crippen LogP contribution in [0.25, 0.3) is 0 Å². The molecule has 0 bridgehead atoms. The molecular weight excluding hydrogens is 296 g/mol. The Bertz CT molecular complexity index is 415. The first-order valence-electron chi connectivity index (χ1n) is 6.27. The van der Waals surface area contributed by atoms with Gasteiger partial charge in [-0.2, -0.15) is 0 Å². The number of fused-ring (bicyclic) bond motifs is 1. The number of nitrogens with one attached hydrogen (secondary N) is 1. The van der Waals surface area contributed by atoms with E-state index in [1.807, 2.05) is 11.3 Å². The van der Waals surface area contributed by atoms with E-state index in [9.17, 15) is 0 Å². The monoisotopic (exact) mass is 314 g/mol. The van der Waals surface area contributed by atoms with Gasteiger partial charge in [-0.15, -0.1) is 11.3 Å². The van der Waals surface area contributed by atoms with Gasteiger partial charge in [-0.3, -0.25) is 4.90 Å². The van der Waals surface area contributed by atoms with Gasteiger partial charge in [-0.25, -0.2) is 0 Å². The molecule has 0 amide bonds. The van der Waals surface area contributed by atoms with E-state index in [4.69, 9.17) is 0 Å². The highest BCUT2D eigenvalue weighted by molar-refractivity contribution is 9.11. The van der Waals surface area contributed by atoms with Gasteiger partial charge in [0.15, 0.2) is 0 Å². The maximum absolute atomic E-state index is 3.55. The average molecular weight is 315 g/mol. The van der Waals surface area contributed by atoms with Gasteiger partial charge in [0.2, 0.25) is 0 Å². The first-order valence-corrected chi connectivity index (χ1v) is 7.88. The molecule has 17 heavy (non-hydrogen) atoms. The van der Waals surface area contributed by atoms with Crippen molar-refractivity contribution in [2.75, 3.05) is 19.6 Å². The van der Waals surface area contributed by atoms with Gasteiger partial charge in [-0.1, -0.05) is 0 Å². The van der Waals surface area contributed by atoms with Crippen LogP contribution in [0.1, 0.15) is 18.7 Å². The lowest BCUT2D eigenvalue weighted by molar-refractivity contribution is 0.133. The summed E-state index contributed by atoms with van der Waals surface area (Å²) in [7, 11) is 0. The van der Waals surface area contributed by atoms with Crippen molar-refractivity contribution in [1.82, 2.24) is 10.2 Å². The second-order valence-corrected chi connectivity index (χ2v) is 8.31. The van der Waals surface area contributed by atoms with E-state index in [0.29, 0.717) is 5.54 Å². The summed E-state index contributed by atoms with van der Waals surface area (Å²) in [5, 5.41) is 3.54. The molecule has 0 aromatic carbocycles. The lowest BCUT2D eigenvalue weighted by Gasteiger charge is -2.35. The molecule has 1 aromatic rings. The van der Waals surface area contributed by atoms with Crippen LogP contribution in [0.5, 0.6) is 0 Å². The fourth-order valence-corrected chi connectivity index (χ4v) is 4.90. The Morgan fingerprint density at radius 1 is 1.47 bits per heavy atom. The van der Waals surface area contributed by atoms with Crippen molar-refractivity contribution >= 4 is 27.3 Å². The minimum Gasteiger partial charge on any atom is -0.316 e. The average Bonchev–Trinajstić information content (AvgIpc) is 2.90. The van der Waals surface area contributed by atoms with E-state index in [1.54, 1.807) is 0 Å². The van der Waals surface area contributed by atoms with Crippen LogP contribution >= 0.6 is 27.3 Å². The molecule has 1 N–H and O–H groups in total. The molecule has 2 atom stereocenters. The Kier molecular flexibility index (Phi) is 3.10. The number of hydrogen-bond donors (Lipinski definition) is 1. The normalized spacial score (nSPS) is 31.9. The maximum Gasteiger partial charge on any atom is 0.0701 e. The van der Waals surface area contributed by atoms with Crippen molar-refractivity contribution in [3.63, 3.8) is 0 Å². The van der Waals surface area contributed by atoms with Crippen LogP contribution in [0.15, 0.2) is 15.9 Å². The van der Waals surface area contributed by atoms with Crippen LogP contribution in [0.2, 0.25) is 0 Å². The van der Waals surface area contributed by atoms with Crippen molar-refractivity contribution in [1.29, 1.82) is 0 Å². The number of thiophene rings is 1. The zero-order valence-electron chi connectivity index (χ0n) is 10.4. The minimum absolute atomic E-state index is 0.338. The molecule has 4 heteroatoms. The van der Waals surface area contributed by atoms with Crippen molar-refractivity contribution in [2.24, 2.45) is 11.8 Å². The van der Waals surface area contributed by atoms with Crippen LogP contribution in [0, 0.1) is 11.8 Å². The Hall–Kier alpha value is 0.1000. The topological polar surface area (TPSA) is 15.3 Å². The lowest BCUT2D eigenvalue weighted by atomic mass is 9.85. The van der Waals surface area contributed by atoms with E-state index < -0.39 is 0 Å². The Morgan fingerprint density at radius 3 is 2.94 bits per heavy atom. The van der Waals surface area contributed by atoms with Crippen molar-refractivity contribution in [3.8, 4) is 0 Å². The molecule has 0 spiro atoms. The van der Waals surface area contributed by atoms with Gasteiger partial charge in [-0.05, 0) is 60.3 Å². The highest BCUT2D eigenvalue weighted by atomic mass is 79.9. The van der Waals surface area contributed by atoms with Crippen LogP contribution < -0.4 is 5.32 Å². The molecule has 94 valence electrons. The highest BCUT2D eigenvalue weighted by Crippen LogP contribution is 2.41. The van der Waals surface area contributed by atoms with Gasteiger partial charge < -0.3 is 5.32 Å². The number of likely N-dealkylation sites (tertiary alicyclic amines) is 1. The molecule has 2 aliphatic rings. The maximum atomic E-state index is 3.55. The summed E-state index contributed by atoms with van der Waals surface area (Å²) < 4.78 is 1.24. The van der Waals surface area contributed by atoms with E-state index >= 15 is 0 Å². The van der Waals surface area contributed by atoms with Crippen LogP contribution in [-0.2, 0) is 6.54 Å². The predicted molar refractivity (Wildman–Crippen MR) is 76.4 cm³/mol. The van der Waals surface area contributed by atoms with Crippen LogP contribution in [-0.4, -0.2) is 30.1 Å². The van der Waals surface area contributed by atoms with E-state index in [2.05, 4.69) is 52.1 Å². The third-order valence-corrected chi connectivity index (χ3v) is 6.10. The molecule has 2 fully saturated rings. The molecule has 0 saturated carbocycles. The molecule has 2 unspecified atom stereocenters. The van der Waals surface area contributed by atoms with E-state index in [1.165, 1.54) is 28.3 Å². The summed E-state index contributed by atoms with van der Waals surface area (Å²) in [5.41, 5.74) is 0.338.